The number of amides is 3. The molecule has 0 aromatic heterocycles. The van der Waals surface area contributed by atoms with Crippen LogP contribution in [0.2, 0.25) is 0 Å². The van der Waals surface area contributed by atoms with Crippen molar-refractivity contribution in [1.82, 2.24) is 16.0 Å². The second-order valence-electron chi connectivity index (χ2n) is 15.0. The van der Waals surface area contributed by atoms with Gasteiger partial charge in [-0.2, -0.15) is 0 Å². The highest BCUT2D eigenvalue weighted by Crippen LogP contribution is 2.65. The van der Waals surface area contributed by atoms with Crippen LogP contribution in [-0.2, 0) is 25.4 Å². The van der Waals surface area contributed by atoms with Crippen LogP contribution < -0.4 is 20.7 Å². The molecule has 4 aliphatic rings. The lowest BCUT2D eigenvalue weighted by Gasteiger charge is -2.64. The Hall–Kier alpha value is -4.35. The Labute approximate surface area is 295 Å². The van der Waals surface area contributed by atoms with Crippen molar-refractivity contribution in [3.8, 4) is 11.5 Å². The topological polar surface area (TPSA) is 124 Å². The highest BCUT2D eigenvalue weighted by molar-refractivity contribution is 6.48. The number of carbonyl (C=O) groups excluding carboxylic acids is 3. The van der Waals surface area contributed by atoms with E-state index in [0.717, 1.165) is 18.4 Å². The summed E-state index contributed by atoms with van der Waals surface area (Å²) in [6.07, 6.45) is 1.91. The minimum atomic E-state index is -1.12. The fourth-order valence-corrected chi connectivity index (χ4v) is 7.81. The average Bonchev–Trinajstić information content (AvgIpc) is 3.47. The summed E-state index contributed by atoms with van der Waals surface area (Å²) in [5.41, 5.74) is 0.905. The first-order chi connectivity index (χ1) is 23.9. The highest BCUT2D eigenvalue weighted by atomic mass is 16.7. The molecule has 0 radical (unpaired) electrons. The molecule has 2 bridgehead atoms. The molecule has 7 rings (SSSR count). The number of hydrogen-bond donors (Lipinski definition) is 3. The summed E-state index contributed by atoms with van der Waals surface area (Å²) in [5.74, 6) is 1.02. The smallest absolute Gasteiger partial charge is 0.457 e. The van der Waals surface area contributed by atoms with Crippen LogP contribution in [0.25, 0.3) is 0 Å². The number of para-hydroxylation sites is 1. The maximum Gasteiger partial charge on any atom is 0.481 e. The van der Waals surface area contributed by atoms with E-state index in [9.17, 15) is 14.4 Å². The molecule has 6 atom stereocenters. The van der Waals surface area contributed by atoms with E-state index in [1.54, 1.807) is 24.3 Å². The van der Waals surface area contributed by atoms with E-state index < -0.39 is 42.6 Å². The predicted molar refractivity (Wildman–Crippen MR) is 190 cm³/mol. The monoisotopic (exact) mass is 681 g/mol. The summed E-state index contributed by atoms with van der Waals surface area (Å²) in [6.45, 7) is 10.8. The fourth-order valence-electron chi connectivity index (χ4n) is 7.81. The molecule has 3 saturated carbocycles. The van der Waals surface area contributed by atoms with Crippen LogP contribution in [0.4, 0.5) is 4.79 Å². The maximum absolute atomic E-state index is 14.0. The Morgan fingerprint density at radius 1 is 0.880 bits per heavy atom. The molecule has 0 unspecified atom stereocenters. The standard InChI is InChI=1S/C39H48BN3O7/c1-25(2)20-34(40-49-33-22-28-21-32(38(28,3)4)39(33,5)50-40)43-36(45)31(23-41-37(46)47-24-26-12-8-6-9-13-26)42-35(44)27-16-18-30(19-17-27)48-29-14-10-7-11-15-29/h6-19,25,28,31-34H,20-24H2,1-5H3,(H,41,46)(H,42,44)(H,43,45)/t28-,31+,32-,33-,34+,39+/m1/s1. The third kappa shape index (κ3) is 7.84. The van der Waals surface area contributed by atoms with Gasteiger partial charge in [-0.15, -0.1) is 0 Å². The van der Waals surface area contributed by atoms with Crippen molar-refractivity contribution in [2.45, 2.75) is 84.2 Å². The van der Waals surface area contributed by atoms with Crippen LogP contribution in [0, 0.1) is 23.2 Å². The molecule has 1 heterocycles. The molecule has 4 fully saturated rings. The molecule has 264 valence electrons. The molecule has 3 aromatic rings. The van der Waals surface area contributed by atoms with E-state index in [2.05, 4.69) is 50.6 Å². The van der Waals surface area contributed by atoms with Gasteiger partial charge in [0, 0.05) is 5.56 Å². The summed E-state index contributed by atoms with van der Waals surface area (Å²) < 4.78 is 24.5. The van der Waals surface area contributed by atoms with Gasteiger partial charge in [-0.3, -0.25) is 9.59 Å². The normalized spacial score (nSPS) is 24.3. The van der Waals surface area contributed by atoms with Crippen molar-refractivity contribution in [2.75, 3.05) is 6.54 Å². The quantitative estimate of drug-likeness (QED) is 0.181. The van der Waals surface area contributed by atoms with E-state index >= 15 is 0 Å². The van der Waals surface area contributed by atoms with E-state index in [0.29, 0.717) is 35.3 Å². The number of ether oxygens (including phenoxy) is 2. The van der Waals surface area contributed by atoms with Crippen molar-refractivity contribution in [3.05, 3.63) is 96.1 Å². The first kappa shape index (κ1) is 35.5. The number of alkyl carbamates (subject to hydrolysis) is 1. The largest absolute Gasteiger partial charge is 0.481 e. The van der Waals surface area contributed by atoms with E-state index in [4.69, 9.17) is 18.8 Å². The van der Waals surface area contributed by atoms with E-state index in [1.807, 2.05) is 60.7 Å². The van der Waals surface area contributed by atoms with Gasteiger partial charge in [-0.25, -0.2) is 4.79 Å². The molecule has 3 N–H and O–H groups in total. The highest BCUT2D eigenvalue weighted by Gasteiger charge is 2.68. The van der Waals surface area contributed by atoms with Gasteiger partial charge in [0.05, 0.1) is 24.2 Å². The number of nitrogens with one attached hydrogen (secondary N) is 3. The van der Waals surface area contributed by atoms with Gasteiger partial charge in [0.2, 0.25) is 5.91 Å². The van der Waals surface area contributed by atoms with Crippen LogP contribution in [0.1, 0.15) is 69.8 Å². The van der Waals surface area contributed by atoms with Crippen molar-refractivity contribution < 1.29 is 33.2 Å². The van der Waals surface area contributed by atoms with Gasteiger partial charge in [-0.05, 0) is 91.3 Å². The third-order valence-corrected chi connectivity index (χ3v) is 10.7. The minimum Gasteiger partial charge on any atom is -0.457 e. The molecule has 50 heavy (non-hydrogen) atoms. The average molecular weight is 682 g/mol. The molecule has 1 saturated heterocycles. The Bertz CT molecular complexity index is 1640. The van der Waals surface area contributed by atoms with Gasteiger partial charge in [0.25, 0.3) is 5.91 Å². The zero-order valence-corrected chi connectivity index (χ0v) is 29.5. The Balaban J connectivity index is 1.14. The summed E-state index contributed by atoms with van der Waals surface area (Å²) in [6, 6.07) is 24.1. The lowest BCUT2D eigenvalue weighted by molar-refractivity contribution is -0.199. The van der Waals surface area contributed by atoms with Crippen molar-refractivity contribution >= 4 is 25.0 Å². The Morgan fingerprint density at radius 3 is 2.20 bits per heavy atom. The van der Waals surface area contributed by atoms with Gasteiger partial charge >= 0.3 is 13.2 Å². The van der Waals surface area contributed by atoms with Crippen molar-refractivity contribution in [1.29, 1.82) is 0 Å². The first-order valence-corrected chi connectivity index (χ1v) is 17.6. The fraction of sp³-hybridized carbons (Fsp3) is 0.462. The molecular formula is C39H48BN3O7. The van der Waals surface area contributed by atoms with E-state index in [-0.39, 0.29) is 30.6 Å². The van der Waals surface area contributed by atoms with Gasteiger partial charge in [-0.1, -0.05) is 76.2 Å². The van der Waals surface area contributed by atoms with Gasteiger partial charge < -0.3 is 34.7 Å². The number of carbonyl (C=O) groups is 3. The molecule has 3 aromatic carbocycles. The number of rotatable bonds is 13. The SMILES string of the molecule is CC(C)C[C@H](NC(=O)[C@H](CNC(=O)OCc1ccccc1)NC(=O)c1ccc(Oc2ccccc2)cc1)B1O[C@@H]2C[C@H]3C[C@H](C3(C)C)[C@]2(C)O1. The Kier molecular flexibility index (Phi) is 10.6. The molecule has 3 amide bonds. The summed E-state index contributed by atoms with van der Waals surface area (Å²) >= 11 is 0. The molecule has 10 nitrogen and oxygen atoms in total. The Morgan fingerprint density at radius 2 is 1.54 bits per heavy atom. The molecule has 11 heteroatoms. The maximum atomic E-state index is 14.0. The van der Waals surface area contributed by atoms with Crippen LogP contribution >= 0.6 is 0 Å². The lowest BCUT2D eigenvalue weighted by Crippen LogP contribution is -2.65. The summed E-state index contributed by atoms with van der Waals surface area (Å²) in [5, 5.41) is 8.60. The number of benzene rings is 3. The van der Waals surface area contributed by atoms with Crippen molar-refractivity contribution in [3.63, 3.8) is 0 Å². The summed E-state index contributed by atoms with van der Waals surface area (Å²) in [4.78, 5) is 40.2. The summed E-state index contributed by atoms with van der Waals surface area (Å²) in [7, 11) is -0.635. The van der Waals surface area contributed by atoms with E-state index in [1.165, 1.54) is 0 Å². The van der Waals surface area contributed by atoms with Gasteiger partial charge in [0.15, 0.2) is 0 Å². The molecule has 0 spiro atoms. The third-order valence-electron chi connectivity index (χ3n) is 10.7. The van der Waals surface area contributed by atoms with Crippen LogP contribution in [0.5, 0.6) is 11.5 Å². The second-order valence-corrected chi connectivity index (χ2v) is 15.0. The first-order valence-electron chi connectivity index (χ1n) is 17.6. The zero-order valence-electron chi connectivity index (χ0n) is 29.5. The molecule has 3 aliphatic carbocycles. The molecular weight excluding hydrogens is 633 g/mol. The van der Waals surface area contributed by atoms with Crippen LogP contribution in [0.3, 0.4) is 0 Å². The van der Waals surface area contributed by atoms with Crippen LogP contribution in [-0.4, -0.2) is 55.3 Å². The number of hydrogen-bond acceptors (Lipinski definition) is 7. The van der Waals surface area contributed by atoms with Crippen molar-refractivity contribution in [2.24, 2.45) is 23.2 Å². The minimum absolute atomic E-state index is 0.0405. The lowest BCUT2D eigenvalue weighted by atomic mass is 9.43. The molecule has 1 aliphatic heterocycles. The second kappa shape index (κ2) is 14.9. The zero-order chi connectivity index (χ0) is 35.5. The van der Waals surface area contributed by atoms with Crippen LogP contribution in [0.15, 0.2) is 84.9 Å². The van der Waals surface area contributed by atoms with Gasteiger partial charge in [0.1, 0.15) is 24.1 Å². The predicted octanol–water partition coefficient (Wildman–Crippen LogP) is 6.30.